The Morgan fingerprint density at radius 3 is 2.94 bits per heavy atom. The first-order valence-electron chi connectivity index (χ1n) is 4.95. The van der Waals surface area contributed by atoms with E-state index >= 15 is 0 Å². The van der Waals surface area contributed by atoms with E-state index in [1.165, 1.54) is 0 Å². The lowest BCUT2D eigenvalue weighted by Crippen LogP contribution is -2.03. The van der Waals surface area contributed by atoms with E-state index < -0.39 is 5.97 Å². The van der Waals surface area contributed by atoms with Crippen molar-refractivity contribution in [2.45, 2.75) is 0 Å². The summed E-state index contributed by atoms with van der Waals surface area (Å²) in [5.74, 6) is -0.342. The molecule has 1 N–H and O–H groups in total. The Balaban J connectivity index is 2.49. The van der Waals surface area contributed by atoms with Crippen molar-refractivity contribution in [1.29, 1.82) is 0 Å². The topological polar surface area (TPSA) is 59.5 Å². The van der Waals surface area contributed by atoms with E-state index in [1.807, 2.05) is 18.2 Å². The van der Waals surface area contributed by atoms with E-state index in [-0.39, 0.29) is 5.69 Å². The molecule has 86 valence electrons. The van der Waals surface area contributed by atoms with Crippen molar-refractivity contribution in [3.05, 3.63) is 34.6 Å². The number of carbonyl (C=O) groups is 1. The summed E-state index contributed by atoms with van der Waals surface area (Å²) in [6.45, 7) is 0. The second-order valence-electron chi connectivity index (χ2n) is 3.77. The highest BCUT2D eigenvalue weighted by molar-refractivity contribution is 9.10. The molecule has 5 nitrogen and oxygen atoms in total. The molecule has 0 aliphatic carbocycles. The Bertz CT molecular complexity index is 757. The van der Waals surface area contributed by atoms with Crippen molar-refractivity contribution in [2.24, 2.45) is 7.05 Å². The van der Waals surface area contributed by atoms with Gasteiger partial charge >= 0.3 is 5.97 Å². The minimum atomic E-state index is -0.957. The third-order valence-corrected chi connectivity index (χ3v) is 3.42. The zero-order valence-corrected chi connectivity index (χ0v) is 10.5. The summed E-state index contributed by atoms with van der Waals surface area (Å²) < 4.78 is 4.24. The minimum Gasteiger partial charge on any atom is -0.477 e. The van der Waals surface area contributed by atoms with E-state index in [9.17, 15) is 4.79 Å². The van der Waals surface area contributed by atoms with Crippen molar-refractivity contribution >= 4 is 38.7 Å². The van der Waals surface area contributed by atoms with Gasteiger partial charge < -0.3 is 9.67 Å². The molecule has 6 heteroatoms. The monoisotopic (exact) mass is 293 g/mol. The Morgan fingerprint density at radius 2 is 2.24 bits per heavy atom. The molecule has 0 atom stereocenters. The molecular weight excluding hydrogens is 286 g/mol. The van der Waals surface area contributed by atoms with Gasteiger partial charge in [-0.3, -0.25) is 4.40 Å². The number of para-hydroxylation sites is 1. The summed E-state index contributed by atoms with van der Waals surface area (Å²) in [6.07, 6.45) is 1.58. The lowest BCUT2D eigenvalue weighted by atomic mass is 10.3. The Morgan fingerprint density at radius 1 is 1.47 bits per heavy atom. The van der Waals surface area contributed by atoms with Crippen molar-refractivity contribution < 1.29 is 9.90 Å². The standard InChI is InChI=1S/C11H8BrN3O2/c1-14-8(10(16)17)5-15-7-4-2-3-6(12)9(7)13-11(14)15/h2-5H,1H3,(H,16,17). The quantitative estimate of drug-likeness (QED) is 0.749. The number of aromatic nitrogens is 3. The maximum Gasteiger partial charge on any atom is 0.354 e. The highest BCUT2D eigenvalue weighted by Crippen LogP contribution is 2.25. The molecular formula is C11H8BrN3O2. The van der Waals surface area contributed by atoms with Gasteiger partial charge in [0.15, 0.2) is 0 Å². The zero-order chi connectivity index (χ0) is 12.2. The van der Waals surface area contributed by atoms with E-state index in [0.29, 0.717) is 5.78 Å². The first kappa shape index (κ1) is 10.3. The SMILES string of the molecule is Cn1c(C(=O)O)cn2c3cccc(Br)c3nc12. The molecule has 3 rings (SSSR count). The average Bonchev–Trinajstić information content (AvgIpc) is 2.78. The number of carboxylic acids is 1. The van der Waals surface area contributed by atoms with Gasteiger partial charge in [-0.2, -0.15) is 0 Å². The Hall–Kier alpha value is -1.82. The Labute approximate surface area is 104 Å². The molecule has 3 aromatic rings. The number of aryl methyl sites for hydroxylation is 1. The first-order valence-corrected chi connectivity index (χ1v) is 5.74. The normalized spacial score (nSPS) is 11.4. The fourth-order valence-corrected chi connectivity index (χ4v) is 2.39. The maximum atomic E-state index is 11.0. The van der Waals surface area contributed by atoms with Crippen LogP contribution in [0.4, 0.5) is 0 Å². The number of rotatable bonds is 1. The lowest BCUT2D eigenvalue weighted by Gasteiger charge is -1.94. The van der Waals surface area contributed by atoms with Crippen molar-refractivity contribution in [3.63, 3.8) is 0 Å². The highest BCUT2D eigenvalue weighted by Gasteiger charge is 2.16. The largest absolute Gasteiger partial charge is 0.477 e. The van der Waals surface area contributed by atoms with Crippen LogP contribution in [0.1, 0.15) is 10.5 Å². The first-order chi connectivity index (χ1) is 8.09. The molecule has 0 fully saturated rings. The Kier molecular flexibility index (Phi) is 2.03. The van der Waals surface area contributed by atoms with Gasteiger partial charge in [0.05, 0.1) is 5.52 Å². The van der Waals surface area contributed by atoms with Gasteiger partial charge in [-0.15, -0.1) is 0 Å². The van der Waals surface area contributed by atoms with Gasteiger partial charge in [-0.25, -0.2) is 9.78 Å². The van der Waals surface area contributed by atoms with Crippen LogP contribution in [0.5, 0.6) is 0 Å². The van der Waals surface area contributed by atoms with Crippen LogP contribution in [-0.4, -0.2) is 25.0 Å². The third kappa shape index (κ3) is 1.30. The van der Waals surface area contributed by atoms with Crippen molar-refractivity contribution in [1.82, 2.24) is 14.0 Å². The molecule has 0 unspecified atom stereocenters. The number of nitrogens with zero attached hydrogens (tertiary/aromatic N) is 3. The van der Waals surface area contributed by atoms with E-state index in [1.54, 1.807) is 22.2 Å². The predicted octanol–water partition coefficient (Wildman–Crippen LogP) is 2.29. The molecule has 2 heterocycles. The second kappa shape index (κ2) is 3.33. The number of carboxylic acid groups (broad SMARTS) is 1. The summed E-state index contributed by atoms with van der Waals surface area (Å²) >= 11 is 3.43. The summed E-state index contributed by atoms with van der Waals surface area (Å²) in [5, 5.41) is 9.04. The summed E-state index contributed by atoms with van der Waals surface area (Å²) in [4.78, 5) is 15.5. The number of imidazole rings is 2. The second-order valence-corrected chi connectivity index (χ2v) is 4.62. The molecule has 0 aliphatic heterocycles. The van der Waals surface area contributed by atoms with Crippen molar-refractivity contribution in [3.8, 4) is 0 Å². The molecule has 0 aliphatic rings. The van der Waals surface area contributed by atoms with Gasteiger partial charge in [0.2, 0.25) is 5.78 Å². The highest BCUT2D eigenvalue weighted by atomic mass is 79.9. The minimum absolute atomic E-state index is 0.217. The van der Waals surface area contributed by atoms with E-state index in [2.05, 4.69) is 20.9 Å². The fraction of sp³-hybridized carbons (Fsp3) is 0.0909. The van der Waals surface area contributed by atoms with Crippen LogP contribution >= 0.6 is 15.9 Å². The van der Waals surface area contributed by atoms with Gasteiger partial charge in [0.25, 0.3) is 0 Å². The molecule has 0 radical (unpaired) electrons. The van der Waals surface area contributed by atoms with Gasteiger partial charge in [-0.05, 0) is 28.1 Å². The molecule has 0 amide bonds. The van der Waals surface area contributed by atoms with Crippen LogP contribution < -0.4 is 0 Å². The van der Waals surface area contributed by atoms with Gasteiger partial charge in [0.1, 0.15) is 11.2 Å². The zero-order valence-electron chi connectivity index (χ0n) is 8.88. The summed E-state index contributed by atoms with van der Waals surface area (Å²) in [6, 6.07) is 5.71. The number of aromatic carboxylic acids is 1. The third-order valence-electron chi connectivity index (χ3n) is 2.78. The van der Waals surface area contributed by atoms with Crippen LogP contribution in [0.2, 0.25) is 0 Å². The summed E-state index contributed by atoms with van der Waals surface area (Å²) in [5.41, 5.74) is 1.93. The molecule has 0 bridgehead atoms. The average molecular weight is 294 g/mol. The van der Waals surface area contributed by atoms with Gasteiger partial charge in [0, 0.05) is 17.7 Å². The van der Waals surface area contributed by atoms with Crippen LogP contribution in [0.3, 0.4) is 0 Å². The molecule has 1 aromatic carbocycles. The number of fused-ring (bicyclic) bond motifs is 3. The lowest BCUT2D eigenvalue weighted by molar-refractivity contribution is 0.0687. The fourth-order valence-electron chi connectivity index (χ4n) is 1.95. The van der Waals surface area contributed by atoms with Crippen LogP contribution in [-0.2, 0) is 7.05 Å². The van der Waals surface area contributed by atoms with E-state index in [0.717, 1.165) is 15.5 Å². The molecule has 2 aromatic heterocycles. The smallest absolute Gasteiger partial charge is 0.354 e. The summed E-state index contributed by atoms with van der Waals surface area (Å²) in [7, 11) is 1.69. The maximum absolute atomic E-state index is 11.0. The number of hydrogen-bond donors (Lipinski definition) is 1. The predicted molar refractivity (Wildman–Crippen MR) is 66.3 cm³/mol. The van der Waals surface area contributed by atoms with Crippen LogP contribution in [0.25, 0.3) is 16.8 Å². The number of hydrogen-bond acceptors (Lipinski definition) is 2. The molecule has 0 saturated carbocycles. The number of halogens is 1. The molecule has 0 spiro atoms. The van der Waals surface area contributed by atoms with Crippen molar-refractivity contribution in [2.75, 3.05) is 0 Å². The van der Waals surface area contributed by atoms with Gasteiger partial charge in [-0.1, -0.05) is 6.07 Å². The molecule has 0 saturated heterocycles. The molecule has 17 heavy (non-hydrogen) atoms. The van der Waals surface area contributed by atoms with Crippen LogP contribution in [0.15, 0.2) is 28.9 Å². The van der Waals surface area contributed by atoms with Crippen LogP contribution in [0, 0.1) is 0 Å². The number of benzene rings is 1. The van der Waals surface area contributed by atoms with E-state index in [4.69, 9.17) is 5.11 Å².